The minimum absolute atomic E-state index is 0.134. The Morgan fingerprint density at radius 2 is 1.75 bits per heavy atom. The summed E-state index contributed by atoms with van der Waals surface area (Å²) in [5, 5.41) is 12.0. The molecule has 2 heterocycles. The van der Waals surface area contributed by atoms with E-state index >= 15 is 0 Å². The van der Waals surface area contributed by atoms with E-state index in [1.54, 1.807) is 33.1 Å². The summed E-state index contributed by atoms with van der Waals surface area (Å²) in [5.41, 5.74) is 3.50. The molecule has 8 nitrogen and oxygen atoms in total. The van der Waals surface area contributed by atoms with Gasteiger partial charge in [-0.2, -0.15) is 5.10 Å². The van der Waals surface area contributed by atoms with Gasteiger partial charge < -0.3 is 14.6 Å². The first-order valence-corrected chi connectivity index (χ1v) is 10.2. The SMILES string of the molecule is COc1ccc(-c2nn(C(C)C(=O)Nc3c(C)cccc3C)c(=O)c3noc(C)c23)cc1. The van der Waals surface area contributed by atoms with E-state index in [1.165, 1.54) is 0 Å². The molecule has 1 amide bonds. The van der Waals surface area contributed by atoms with Crippen molar-refractivity contribution < 1.29 is 14.1 Å². The zero-order chi connectivity index (χ0) is 23.0. The average Bonchev–Trinajstić information content (AvgIpc) is 3.18. The van der Waals surface area contributed by atoms with E-state index in [-0.39, 0.29) is 11.4 Å². The minimum Gasteiger partial charge on any atom is -0.497 e. The van der Waals surface area contributed by atoms with Crippen LogP contribution in [-0.4, -0.2) is 28.0 Å². The zero-order valence-corrected chi connectivity index (χ0v) is 18.6. The Labute approximate surface area is 184 Å². The smallest absolute Gasteiger partial charge is 0.297 e. The second-order valence-corrected chi connectivity index (χ2v) is 7.72. The molecule has 1 atom stereocenters. The summed E-state index contributed by atoms with van der Waals surface area (Å²) in [7, 11) is 1.59. The van der Waals surface area contributed by atoms with Gasteiger partial charge in [0.2, 0.25) is 5.91 Å². The largest absolute Gasteiger partial charge is 0.497 e. The molecule has 0 saturated heterocycles. The molecule has 0 spiro atoms. The van der Waals surface area contributed by atoms with E-state index in [1.807, 2.05) is 44.2 Å². The molecule has 0 aliphatic heterocycles. The fourth-order valence-electron chi connectivity index (χ4n) is 3.67. The quantitative estimate of drug-likeness (QED) is 0.508. The van der Waals surface area contributed by atoms with Gasteiger partial charge in [0, 0.05) is 11.3 Å². The number of ether oxygens (including phenoxy) is 1. The van der Waals surface area contributed by atoms with Crippen LogP contribution < -0.4 is 15.6 Å². The first-order valence-electron chi connectivity index (χ1n) is 10.2. The van der Waals surface area contributed by atoms with Gasteiger partial charge in [0.15, 0.2) is 5.52 Å². The predicted octanol–water partition coefficient (Wildman–Crippen LogP) is 4.19. The number of amides is 1. The standard InChI is InChI=1S/C24H24N4O4/c1-13-7-6-8-14(2)20(13)25-23(29)15(3)28-24(30)22-19(16(4)32-27-22)21(26-28)17-9-11-18(31-5)12-10-17/h6-12,15H,1-5H3,(H,25,29). The highest BCUT2D eigenvalue weighted by Crippen LogP contribution is 2.29. The summed E-state index contributed by atoms with van der Waals surface area (Å²) < 4.78 is 11.7. The Kier molecular flexibility index (Phi) is 5.52. The third-order valence-corrected chi connectivity index (χ3v) is 5.56. The van der Waals surface area contributed by atoms with E-state index in [4.69, 9.17) is 9.26 Å². The van der Waals surface area contributed by atoms with Crippen LogP contribution in [0.4, 0.5) is 5.69 Å². The summed E-state index contributed by atoms with van der Waals surface area (Å²) in [5.74, 6) is 0.828. The number of fused-ring (bicyclic) bond motifs is 1. The van der Waals surface area contributed by atoms with Crippen molar-refractivity contribution in [2.45, 2.75) is 33.7 Å². The highest BCUT2D eigenvalue weighted by Gasteiger charge is 2.25. The summed E-state index contributed by atoms with van der Waals surface area (Å²) in [6.45, 7) is 7.20. The Morgan fingerprint density at radius 3 is 2.38 bits per heavy atom. The zero-order valence-electron chi connectivity index (χ0n) is 18.6. The molecule has 4 aromatic rings. The molecule has 32 heavy (non-hydrogen) atoms. The van der Waals surface area contributed by atoms with Crippen molar-refractivity contribution in [3.63, 3.8) is 0 Å². The monoisotopic (exact) mass is 432 g/mol. The second-order valence-electron chi connectivity index (χ2n) is 7.72. The van der Waals surface area contributed by atoms with Gasteiger partial charge in [0.1, 0.15) is 23.2 Å². The summed E-state index contributed by atoms with van der Waals surface area (Å²) in [6.07, 6.45) is 0. The normalized spacial score (nSPS) is 12.0. The molecule has 1 unspecified atom stereocenters. The molecule has 1 N–H and O–H groups in total. The van der Waals surface area contributed by atoms with Gasteiger partial charge >= 0.3 is 0 Å². The lowest BCUT2D eigenvalue weighted by molar-refractivity contribution is -0.119. The van der Waals surface area contributed by atoms with Gasteiger partial charge in [-0.1, -0.05) is 23.4 Å². The number of aromatic nitrogens is 3. The van der Waals surface area contributed by atoms with Crippen LogP contribution in [0.2, 0.25) is 0 Å². The van der Waals surface area contributed by atoms with E-state index in [9.17, 15) is 9.59 Å². The van der Waals surface area contributed by atoms with E-state index in [0.717, 1.165) is 27.1 Å². The maximum absolute atomic E-state index is 13.1. The van der Waals surface area contributed by atoms with Crippen molar-refractivity contribution in [2.24, 2.45) is 0 Å². The lowest BCUT2D eigenvalue weighted by atomic mass is 10.1. The van der Waals surface area contributed by atoms with E-state index in [2.05, 4.69) is 15.6 Å². The predicted molar refractivity (Wildman–Crippen MR) is 122 cm³/mol. The number of hydrogen-bond donors (Lipinski definition) is 1. The number of rotatable bonds is 5. The Hall–Kier alpha value is -3.94. The molecule has 2 aromatic heterocycles. The number of carbonyl (C=O) groups is 1. The van der Waals surface area contributed by atoms with Crippen molar-refractivity contribution in [1.82, 2.24) is 14.9 Å². The highest BCUT2D eigenvalue weighted by atomic mass is 16.5. The summed E-state index contributed by atoms with van der Waals surface area (Å²) >= 11 is 0. The number of carbonyl (C=O) groups excluding carboxylic acids is 1. The van der Waals surface area contributed by atoms with Crippen molar-refractivity contribution in [3.8, 4) is 17.0 Å². The van der Waals surface area contributed by atoms with Crippen LogP contribution in [0.5, 0.6) is 5.75 Å². The fraction of sp³-hybridized carbons (Fsp3) is 0.250. The average molecular weight is 432 g/mol. The highest BCUT2D eigenvalue weighted by molar-refractivity contribution is 5.96. The number of methoxy groups -OCH3 is 1. The van der Waals surface area contributed by atoms with Gasteiger partial charge in [-0.25, -0.2) is 4.68 Å². The molecular formula is C24H24N4O4. The minimum atomic E-state index is -0.875. The van der Waals surface area contributed by atoms with Gasteiger partial charge in [-0.05, 0) is 63.1 Å². The van der Waals surface area contributed by atoms with Gasteiger partial charge in [0.25, 0.3) is 5.56 Å². The van der Waals surface area contributed by atoms with Crippen molar-refractivity contribution in [2.75, 3.05) is 12.4 Å². The lowest BCUT2D eigenvalue weighted by Gasteiger charge is -2.17. The molecule has 8 heteroatoms. The third kappa shape index (κ3) is 3.64. The van der Waals surface area contributed by atoms with Crippen LogP contribution in [0.15, 0.2) is 51.8 Å². The van der Waals surface area contributed by atoms with E-state index in [0.29, 0.717) is 22.6 Å². The van der Waals surface area contributed by atoms with Gasteiger partial charge in [0.05, 0.1) is 12.5 Å². The molecule has 0 fully saturated rings. The third-order valence-electron chi connectivity index (χ3n) is 5.56. The van der Waals surface area contributed by atoms with Crippen LogP contribution in [-0.2, 0) is 4.79 Å². The van der Waals surface area contributed by atoms with Crippen molar-refractivity contribution in [1.29, 1.82) is 0 Å². The number of para-hydroxylation sites is 1. The van der Waals surface area contributed by atoms with Crippen LogP contribution in [0, 0.1) is 20.8 Å². The molecule has 0 bridgehead atoms. The lowest BCUT2D eigenvalue weighted by Crippen LogP contribution is -2.34. The number of aryl methyl sites for hydroxylation is 3. The maximum atomic E-state index is 13.1. The van der Waals surface area contributed by atoms with Crippen LogP contribution in [0.25, 0.3) is 22.2 Å². The Bertz CT molecular complexity index is 1350. The number of benzene rings is 2. The second kappa shape index (κ2) is 8.30. The number of anilines is 1. The molecule has 0 radical (unpaired) electrons. The molecule has 4 rings (SSSR count). The Morgan fingerprint density at radius 1 is 1.09 bits per heavy atom. The van der Waals surface area contributed by atoms with Gasteiger partial charge in [-0.3, -0.25) is 9.59 Å². The number of hydrogen-bond acceptors (Lipinski definition) is 6. The first-order chi connectivity index (χ1) is 15.3. The molecular weight excluding hydrogens is 408 g/mol. The first kappa shape index (κ1) is 21.3. The van der Waals surface area contributed by atoms with Crippen molar-refractivity contribution in [3.05, 3.63) is 69.7 Å². The molecule has 164 valence electrons. The maximum Gasteiger partial charge on any atom is 0.297 e. The van der Waals surface area contributed by atoms with Crippen LogP contribution in [0.3, 0.4) is 0 Å². The van der Waals surface area contributed by atoms with E-state index < -0.39 is 11.6 Å². The molecule has 0 aliphatic rings. The fourth-order valence-corrected chi connectivity index (χ4v) is 3.67. The molecule has 0 aliphatic carbocycles. The van der Waals surface area contributed by atoms with Crippen LogP contribution >= 0.6 is 0 Å². The topological polar surface area (TPSA) is 99.2 Å². The van der Waals surface area contributed by atoms with Crippen LogP contribution in [0.1, 0.15) is 29.9 Å². The number of nitrogens with zero attached hydrogens (tertiary/aromatic N) is 3. The Balaban J connectivity index is 1.81. The molecule has 2 aromatic carbocycles. The van der Waals surface area contributed by atoms with Crippen molar-refractivity contribution >= 4 is 22.5 Å². The molecule has 0 saturated carbocycles. The summed E-state index contributed by atoms with van der Waals surface area (Å²) in [4.78, 5) is 26.2. The van der Waals surface area contributed by atoms with Gasteiger partial charge in [-0.15, -0.1) is 0 Å². The number of nitrogens with one attached hydrogen (secondary N) is 1. The summed E-state index contributed by atoms with van der Waals surface area (Å²) in [6, 6.07) is 12.2.